The van der Waals surface area contributed by atoms with Crippen LogP contribution in [0.4, 0.5) is 0 Å². The van der Waals surface area contributed by atoms with Crippen LogP contribution in [0.25, 0.3) is 0 Å². The molecule has 2 nitrogen and oxygen atoms in total. The summed E-state index contributed by atoms with van der Waals surface area (Å²) >= 11 is 0.818. The molecule has 0 atom stereocenters. The molecule has 0 aliphatic carbocycles. The monoisotopic (exact) mass is 204 g/mol. The minimum atomic E-state index is -1.08. The Morgan fingerprint density at radius 1 is 1.17 bits per heavy atom. The first-order chi connectivity index (χ1) is 5.83. The van der Waals surface area contributed by atoms with E-state index in [-0.39, 0.29) is 0 Å². The van der Waals surface area contributed by atoms with Gasteiger partial charge in [0.15, 0.2) is 0 Å². The first-order valence-electron chi connectivity index (χ1n) is 4.60. The van der Waals surface area contributed by atoms with Gasteiger partial charge in [-0.15, -0.1) is 0 Å². The Morgan fingerprint density at radius 2 is 1.50 bits per heavy atom. The fourth-order valence-electron chi connectivity index (χ4n) is 0.841. The molecule has 0 amide bonds. The second-order valence-electron chi connectivity index (χ2n) is 2.65. The number of rotatable bonds is 6. The summed E-state index contributed by atoms with van der Waals surface area (Å²) in [6, 6.07) is 0. The van der Waals surface area contributed by atoms with Gasteiger partial charge in [-0.3, -0.25) is 4.57 Å². The van der Waals surface area contributed by atoms with Crippen molar-refractivity contribution in [2.75, 3.05) is 0 Å². The molecule has 0 saturated carbocycles. The molecule has 0 heterocycles. The predicted octanol–water partition coefficient (Wildman–Crippen LogP) is 2.68. The van der Waals surface area contributed by atoms with Crippen LogP contribution in [0.5, 0.6) is 0 Å². The molecule has 0 radical (unpaired) electrons. The second kappa shape index (κ2) is 17.6. The SMILES string of the molecule is CCC[CH2][Al+][CH2]CCC.O=P[O-]. The Bertz CT molecular complexity index is 75.5. The van der Waals surface area contributed by atoms with Gasteiger partial charge in [-0.1, -0.05) is 0 Å². The van der Waals surface area contributed by atoms with Gasteiger partial charge in [0, 0.05) is 0 Å². The zero-order valence-corrected chi connectivity index (χ0v) is 10.1. The molecule has 4 heteroatoms. The van der Waals surface area contributed by atoms with Gasteiger partial charge in [-0.05, 0) is 0 Å². The van der Waals surface area contributed by atoms with Crippen LogP contribution in [0, 0.1) is 0 Å². The van der Waals surface area contributed by atoms with Crippen LogP contribution in [-0.4, -0.2) is 15.2 Å². The van der Waals surface area contributed by atoms with Crippen LogP contribution in [-0.2, 0) is 4.57 Å². The summed E-state index contributed by atoms with van der Waals surface area (Å²) in [6.45, 7) is 4.55. The van der Waals surface area contributed by atoms with Gasteiger partial charge in [0.05, 0.1) is 8.69 Å². The Labute approximate surface area is 83.8 Å². The maximum Gasteiger partial charge on any atom is 0.0642 e. The maximum absolute atomic E-state index is 8.35. The van der Waals surface area contributed by atoms with Gasteiger partial charge in [0.2, 0.25) is 0 Å². The molecule has 70 valence electrons. The Morgan fingerprint density at radius 3 is 1.75 bits per heavy atom. The first-order valence-corrected chi connectivity index (χ1v) is 6.96. The van der Waals surface area contributed by atoms with Gasteiger partial charge in [0.1, 0.15) is 0 Å². The van der Waals surface area contributed by atoms with Crippen molar-refractivity contribution in [1.29, 1.82) is 0 Å². The molecule has 0 aromatic rings. The Hall–Kier alpha value is 0.592. The summed E-state index contributed by atoms with van der Waals surface area (Å²) in [5.41, 5.74) is 0. The molecule has 12 heavy (non-hydrogen) atoms. The zero-order valence-electron chi connectivity index (χ0n) is 8.08. The van der Waals surface area contributed by atoms with Crippen LogP contribution >= 0.6 is 8.69 Å². The van der Waals surface area contributed by atoms with Crippen molar-refractivity contribution in [3.8, 4) is 0 Å². The molecule has 0 fully saturated rings. The Kier molecular flexibility index (Phi) is 22.1. The second-order valence-corrected chi connectivity index (χ2v) is 4.53. The van der Waals surface area contributed by atoms with Crippen molar-refractivity contribution in [3.05, 3.63) is 0 Å². The van der Waals surface area contributed by atoms with E-state index in [0.717, 1.165) is 15.2 Å². The predicted molar refractivity (Wildman–Crippen MR) is 52.8 cm³/mol. The van der Waals surface area contributed by atoms with E-state index in [4.69, 9.17) is 9.46 Å². The van der Waals surface area contributed by atoms with E-state index in [0.29, 0.717) is 0 Å². The fraction of sp³-hybridized carbons (Fsp3) is 1.00. The summed E-state index contributed by atoms with van der Waals surface area (Å²) in [5.74, 6) is 0. The van der Waals surface area contributed by atoms with Gasteiger partial charge in [-0.25, -0.2) is 0 Å². The van der Waals surface area contributed by atoms with Crippen molar-refractivity contribution in [2.24, 2.45) is 0 Å². The quantitative estimate of drug-likeness (QED) is 0.379. The van der Waals surface area contributed by atoms with Gasteiger partial charge in [0.25, 0.3) is 0 Å². The molecule has 0 aromatic carbocycles. The molecule has 0 rings (SSSR count). The Balaban J connectivity index is 0. The van der Waals surface area contributed by atoms with E-state index in [2.05, 4.69) is 13.8 Å². The topological polar surface area (TPSA) is 40.1 Å². The minimum Gasteiger partial charge on any atom is -0.772 e. The van der Waals surface area contributed by atoms with E-state index >= 15 is 0 Å². The maximum atomic E-state index is 8.35. The van der Waals surface area contributed by atoms with Crippen LogP contribution < -0.4 is 4.89 Å². The summed E-state index contributed by atoms with van der Waals surface area (Å²) in [4.78, 5) is 8.35. The number of hydrogen-bond donors (Lipinski definition) is 0. The fourth-order valence-corrected chi connectivity index (χ4v) is 2.52. The van der Waals surface area contributed by atoms with Crippen molar-refractivity contribution >= 4 is 23.9 Å². The van der Waals surface area contributed by atoms with Crippen molar-refractivity contribution < 1.29 is 9.46 Å². The summed E-state index contributed by atoms with van der Waals surface area (Å²) in [5, 5.41) is 3.08. The molecule has 0 unspecified atom stereocenters. The minimum absolute atomic E-state index is 0.818. The molecule has 0 aromatic heterocycles. The molecule has 0 aliphatic rings. The van der Waals surface area contributed by atoms with E-state index in [1.807, 2.05) is 0 Å². The zero-order chi connectivity index (χ0) is 9.66. The van der Waals surface area contributed by atoms with E-state index in [1.165, 1.54) is 36.2 Å². The summed E-state index contributed by atoms with van der Waals surface area (Å²) in [7, 11) is -1.08. The standard InChI is InChI=1S/2C4H9.Al.HO2P/c2*1-3-4-2;;1-3-2/h2*1,3-4H2,2H3;;(H,1,2)/q;;+1;/p-1. The molecule has 0 N–H and O–H groups in total. The average Bonchev–Trinajstić information content (AvgIpc) is 2.06. The average molecular weight is 204 g/mol. The van der Waals surface area contributed by atoms with E-state index in [1.54, 1.807) is 0 Å². The van der Waals surface area contributed by atoms with E-state index < -0.39 is 8.69 Å². The van der Waals surface area contributed by atoms with Crippen LogP contribution in [0.15, 0.2) is 0 Å². The summed E-state index contributed by atoms with van der Waals surface area (Å²) in [6.07, 6.45) is 5.72. The van der Waals surface area contributed by atoms with Crippen molar-refractivity contribution in [1.82, 2.24) is 0 Å². The van der Waals surface area contributed by atoms with Gasteiger partial charge in [-0.2, -0.15) is 0 Å². The molecule has 0 spiro atoms. The molecular weight excluding hydrogens is 186 g/mol. The van der Waals surface area contributed by atoms with E-state index in [9.17, 15) is 0 Å². The van der Waals surface area contributed by atoms with Gasteiger partial charge >= 0.3 is 65.3 Å². The largest absolute Gasteiger partial charge is 0.772 e. The van der Waals surface area contributed by atoms with Crippen LogP contribution in [0.3, 0.4) is 0 Å². The van der Waals surface area contributed by atoms with Gasteiger partial charge < -0.3 is 4.89 Å². The first kappa shape index (κ1) is 15.1. The molecular formula is C8H18AlO2P. The normalized spacial score (nSPS) is 8.58. The van der Waals surface area contributed by atoms with Crippen LogP contribution in [0.1, 0.15) is 39.5 Å². The number of unbranched alkanes of at least 4 members (excludes halogenated alkanes) is 2. The number of hydrogen-bond acceptors (Lipinski definition) is 2. The molecule has 0 bridgehead atoms. The third-order valence-corrected chi connectivity index (χ3v) is 3.16. The van der Waals surface area contributed by atoms with Crippen molar-refractivity contribution in [3.63, 3.8) is 0 Å². The smallest absolute Gasteiger partial charge is 0.0642 e. The summed E-state index contributed by atoms with van der Waals surface area (Å²) < 4.78 is 8.35. The van der Waals surface area contributed by atoms with Crippen LogP contribution in [0.2, 0.25) is 10.6 Å². The van der Waals surface area contributed by atoms with Crippen molar-refractivity contribution in [2.45, 2.75) is 50.1 Å². The molecule has 0 saturated heterocycles. The third kappa shape index (κ3) is 22.4. The molecule has 0 aliphatic heterocycles. The third-order valence-electron chi connectivity index (χ3n) is 1.52.